The van der Waals surface area contributed by atoms with Crippen LogP contribution in [0.1, 0.15) is 6.42 Å². The summed E-state index contributed by atoms with van der Waals surface area (Å²) < 4.78 is 0. The molecule has 0 aliphatic carbocycles. The lowest BCUT2D eigenvalue weighted by Crippen LogP contribution is -2.45. The number of hydrogen-bond acceptors (Lipinski definition) is 3. The fourth-order valence-electron chi connectivity index (χ4n) is 1.09. The molecule has 1 heterocycles. The average Bonchev–Trinajstić information content (AvgIpc) is 1.95. The van der Waals surface area contributed by atoms with E-state index in [-0.39, 0.29) is 0 Å². The quantitative estimate of drug-likeness (QED) is 0.411. The first-order valence-electron chi connectivity index (χ1n) is 3.38. The van der Waals surface area contributed by atoms with E-state index in [4.69, 9.17) is 21.8 Å². The minimum absolute atomic E-state index is 0.434. The van der Waals surface area contributed by atoms with E-state index in [0.717, 1.165) is 6.54 Å². The molecular formula is C6H12ClNO2. The monoisotopic (exact) mass is 165 g/mol. The summed E-state index contributed by atoms with van der Waals surface area (Å²) in [6.07, 6.45) is -0.555. The van der Waals surface area contributed by atoms with Gasteiger partial charge in [0.1, 0.15) is 0 Å². The van der Waals surface area contributed by atoms with Gasteiger partial charge in [-0.25, -0.2) is 0 Å². The minimum Gasteiger partial charge on any atom is -0.390 e. The summed E-state index contributed by atoms with van der Waals surface area (Å²) in [5.41, 5.74) is 0. The number of aliphatic hydroxyl groups is 2. The molecule has 1 saturated heterocycles. The second-order valence-electron chi connectivity index (χ2n) is 2.62. The molecule has 0 amide bonds. The Morgan fingerprint density at radius 2 is 2.10 bits per heavy atom. The summed E-state index contributed by atoms with van der Waals surface area (Å²) in [5.74, 6) is 0. The predicted octanol–water partition coefficient (Wildman–Crippen LogP) is -0.390. The van der Waals surface area contributed by atoms with Crippen LogP contribution < -0.4 is 0 Å². The van der Waals surface area contributed by atoms with Crippen LogP contribution in [0.2, 0.25) is 0 Å². The standard InChI is InChI=1S/C6H12ClNO2/c7-4-8-2-1-5(9)6(10)3-8/h5-6,9-10H,1-4H2. The van der Waals surface area contributed by atoms with Crippen LogP contribution in [0.15, 0.2) is 0 Å². The van der Waals surface area contributed by atoms with E-state index < -0.39 is 12.2 Å². The van der Waals surface area contributed by atoms with Gasteiger partial charge in [0.25, 0.3) is 0 Å². The van der Waals surface area contributed by atoms with E-state index in [9.17, 15) is 0 Å². The number of piperidine rings is 1. The first-order valence-corrected chi connectivity index (χ1v) is 3.92. The summed E-state index contributed by atoms with van der Waals surface area (Å²) >= 11 is 5.53. The topological polar surface area (TPSA) is 43.7 Å². The zero-order chi connectivity index (χ0) is 7.56. The van der Waals surface area contributed by atoms with Crippen LogP contribution in [0, 0.1) is 0 Å². The first-order chi connectivity index (χ1) is 4.74. The van der Waals surface area contributed by atoms with Crippen LogP contribution in [0.5, 0.6) is 0 Å². The number of likely N-dealkylation sites (tertiary alicyclic amines) is 1. The number of nitrogens with zero attached hydrogens (tertiary/aromatic N) is 1. The van der Waals surface area contributed by atoms with Gasteiger partial charge in [0.2, 0.25) is 0 Å². The van der Waals surface area contributed by atoms with E-state index in [1.807, 2.05) is 4.90 Å². The van der Waals surface area contributed by atoms with Crippen molar-refractivity contribution >= 4 is 11.6 Å². The van der Waals surface area contributed by atoms with Gasteiger partial charge in [-0.15, -0.1) is 11.6 Å². The van der Waals surface area contributed by atoms with Gasteiger partial charge >= 0.3 is 0 Å². The van der Waals surface area contributed by atoms with E-state index >= 15 is 0 Å². The first kappa shape index (κ1) is 8.27. The minimum atomic E-state index is -0.618. The van der Waals surface area contributed by atoms with Crippen LogP contribution in [-0.4, -0.2) is 46.4 Å². The lowest BCUT2D eigenvalue weighted by atomic mass is 10.1. The highest BCUT2D eigenvalue weighted by molar-refractivity contribution is 6.17. The Kier molecular flexibility index (Phi) is 2.92. The van der Waals surface area contributed by atoms with Gasteiger partial charge in [-0.2, -0.15) is 0 Å². The summed E-state index contributed by atoms with van der Waals surface area (Å²) in [5, 5.41) is 18.2. The normalized spacial score (nSPS) is 36.3. The number of hydrogen-bond donors (Lipinski definition) is 2. The summed E-state index contributed by atoms with van der Waals surface area (Å²) in [6, 6.07) is 0.434. The van der Waals surface area contributed by atoms with Gasteiger partial charge in [0, 0.05) is 13.1 Å². The molecular weight excluding hydrogens is 154 g/mol. The van der Waals surface area contributed by atoms with E-state index in [2.05, 4.69) is 0 Å². The Balaban J connectivity index is 2.33. The zero-order valence-electron chi connectivity index (χ0n) is 5.70. The molecule has 0 spiro atoms. The Morgan fingerprint density at radius 1 is 1.40 bits per heavy atom. The van der Waals surface area contributed by atoms with Crippen LogP contribution in [0.25, 0.3) is 0 Å². The van der Waals surface area contributed by atoms with Gasteiger partial charge in [-0.1, -0.05) is 0 Å². The number of aliphatic hydroxyl groups excluding tert-OH is 2. The molecule has 0 aromatic rings. The smallest absolute Gasteiger partial charge is 0.0926 e. The molecule has 1 aliphatic heterocycles. The highest BCUT2D eigenvalue weighted by Gasteiger charge is 2.24. The van der Waals surface area contributed by atoms with Crippen LogP contribution in [0.4, 0.5) is 0 Å². The zero-order valence-corrected chi connectivity index (χ0v) is 6.46. The lowest BCUT2D eigenvalue weighted by molar-refractivity contribution is -0.0337. The molecule has 2 N–H and O–H groups in total. The van der Waals surface area contributed by atoms with Crippen molar-refractivity contribution in [2.75, 3.05) is 19.1 Å². The number of rotatable bonds is 1. The van der Waals surface area contributed by atoms with Gasteiger partial charge in [-0.3, -0.25) is 4.90 Å². The third kappa shape index (κ3) is 1.83. The van der Waals surface area contributed by atoms with Crippen molar-refractivity contribution in [3.63, 3.8) is 0 Å². The Labute approximate surface area is 65.2 Å². The molecule has 0 aromatic heterocycles. The summed E-state index contributed by atoms with van der Waals surface area (Å²) in [7, 11) is 0. The molecule has 0 saturated carbocycles. The summed E-state index contributed by atoms with van der Waals surface area (Å²) in [4.78, 5) is 1.90. The number of alkyl halides is 1. The Bertz CT molecular complexity index is 112. The molecule has 1 aliphatic rings. The molecule has 10 heavy (non-hydrogen) atoms. The second-order valence-corrected chi connectivity index (χ2v) is 2.86. The van der Waals surface area contributed by atoms with Crippen molar-refractivity contribution in [1.82, 2.24) is 4.90 Å². The fourth-order valence-corrected chi connectivity index (χ4v) is 1.31. The molecule has 3 nitrogen and oxygen atoms in total. The number of β-amino-alcohol motifs (C(OH)–C–C–N with tert-alkyl or cyclic N) is 1. The molecule has 4 heteroatoms. The van der Waals surface area contributed by atoms with Crippen LogP contribution >= 0.6 is 11.6 Å². The largest absolute Gasteiger partial charge is 0.390 e. The fraction of sp³-hybridized carbons (Fsp3) is 1.00. The molecule has 1 rings (SSSR count). The van der Waals surface area contributed by atoms with Crippen molar-refractivity contribution in [2.45, 2.75) is 18.6 Å². The molecule has 2 unspecified atom stereocenters. The lowest BCUT2D eigenvalue weighted by Gasteiger charge is -2.31. The SMILES string of the molecule is OC1CCN(CCl)CC1O. The average molecular weight is 166 g/mol. The second kappa shape index (κ2) is 3.53. The Morgan fingerprint density at radius 3 is 2.60 bits per heavy atom. The maximum Gasteiger partial charge on any atom is 0.0926 e. The third-order valence-electron chi connectivity index (χ3n) is 1.80. The van der Waals surface area contributed by atoms with Gasteiger partial charge in [0.15, 0.2) is 0 Å². The van der Waals surface area contributed by atoms with Crippen molar-refractivity contribution in [3.05, 3.63) is 0 Å². The van der Waals surface area contributed by atoms with Crippen LogP contribution in [0.3, 0.4) is 0 Å². The van der Waals surface area contributed by atoms with Crippen molar-refractivity contribution in [2.24, 2.45) is 0 Å². The van der Waals surface area contributed by atoms with E-state index in [1.165, 1.54) is 0 Å². The number of halogens is 1. The molecule has 0 aromatic carbocycles. The summed E-state index contributed by atoms with van der Waals surface area (Å²) in [6.45, 7) is 1.27. The molecule has 2 atom stereocenters. The van der Waals surface area contributed by atoms with E-state index in [1.54, 1.807) is 0 Å². The van der Waals surface area contributed by atoms with Gasteiger partial charge in [0.05, 0.1) is 18.2 Å². The highest BCUT2D eigenvalue weighted by Crippen LogP contribution is 2.10. The maximum absolute atomic E-state index is 9.13. The van der Waals surface area contributed by atoms with Gasteiger partial charge < -0.3 is 10.2 Å². The van der Waals surface area contributed by atoms with Crippen molar-refractivity contribution < 1.29 is 10.2 Å². The van der Waals surface area contributed by atoms with Crippen LogP contribution in [-0.2, 0) is 0 Å². The van der Waals surface area contributed by atoms with E-state index in [0.29, 0.717) is 19.0 Å². The molecule has 60 valence electrons. The predicted molar refractivity (Wildman–Crippen MR) is 38.9 cm³/mol. The molecule has 1 fully saturated rings. The molecule has 0 bridgehead atoms. The third-order valence-corrected chi connectivity index (χ3v) is 2.14. The Hall–Kier alpha value is 0.170. The highest BCUT2D eigenvalue weighted by atomic mass is 35.5. The van der Waals surface area contributed by atoms with Crippen molar-refractivity contribution in [3.8, 4) is 0 Å². The maximum atomic E-state index is 9.13. The molecule has 0 radical (unpaired) electrons. The van der Waals surface area contributed by atoms with Gasteiger partial charge in [-0.05, 0) is 6.42 Å². The van der Waals surface area contributed by atoms with Crippen molar-refractivity contribution in [1.29, 1.82) is 0 Å².